The predicted molar refractivity (Wildman–Crippen MR) is 127 cm³/mol. The lowest BCUT2D eigenvalue weighted by Gasteiger charge is -2.11. The van der Waals surface area contributed by atoms with Crippen LogP contribution in [0.4, 0.5) is 10.1 Å². The summed E-state index contributed by atoms with van der Waals surface area (Å²) in [5, 5.41) is 11.9. The second-order valence-electron chi connectivity index (χ2n) is 7.58. The predicted octanol–water partition coefficient (Wildman–Crippen LogP) is 4.79. The summed E-state index contributed by atoms with van der Waals surface area (Å²) >= 11 is 1.26. The van der Waals surface area contributed by atoms with Crippen molar-refractivity contribution in [3.05, 3.63) is 84.2 Å². The summed E-state index contributed by atoms with van der Waals surface area (Å²) in [5.74, 6) is 1.24. The fourth-order valence-electron chi connectivity index (χ4n) is 3.63. The van der Waals surface area contributed by atoms with Crippen molar-refractivity contribution < 1.29 is 18.7 Å². The van der Waals surface area contributed by atoms with Gasteiger partial charge in [-0.05, 0) is 36.2 Å². The van der Waals surface area contributed by atoms with Gasteiger partial charge in [-0.15, -0.1) is 10.2 Å². The lowest BCUT2D eigenvalue weighted by Crippen LogP contribution is -2.15. The zero-order valence-corrected chi connectivity index (χ0v) is 18.9. The number of amides is 1. The maximum absolute atomic E-state index is 14.5. The van der Waals surface area contributed by atoms with Gasteiger partial charge in [-0.2, -0.15) is 0 Å². The molecule has 0 saturated heterocycles. The van der Waals surface area contributed by atoms with Gasteiger partial charge in [0, 0.05) is 18.3 Å². The van der Waals surface area contributed by atoms with Gasteiger partial charge in [-0.25, -0.2) is 4.39 Å². The van der Waals surface area contributed by atoms with Crippen LogP contribution in [0.25, 0.3) is 11.4 Å². The number of nitrogens with one attached hydrogen (secondary N) is 1. The first-order chi connectivity index (χ1) is 16.7. The van der Waals surface area contributed by atoms with E-state index in [2.05, 4.69) is 15.5 Å². The molecule has 0 fully saturated rings. The van der Waals surface area contributed by atoms with Crippen molar-refractivity contribution in [1.82, 2.24) is 14.8 Å². The Morgan fingerprint density at radius 1 is 1.00 bits per heavy atom. The van der Waals surface area contributed by atoms with Crippen LogP contribution < -0.4 is 14.8 Å². The Bertz CT molecular complexity index is 1310. The molecule has 0 atom stereocenters. The number of anilines is 1. The van der Waals surface area contributed by atoms with Gasteiger partial charge in [-0.1, -0.05) is 54.2 Å². The molecule has 1 aliphatic heterocycles. The van der Waals surface area contributed by atoms with Gasteiger partial charge in [0.05, 0.1) is 11.3 Å². The Hall–Kier alpha value is -3.85. The SMILES string of the molecule is O=C(CSc1nnc(-c2ccccc2F)n1CCc1ccccc1)Nc1ccc2c(c1)OCO2. The molecule has 0 saturated carbocycles. The molecule has 2 heterocycles. The monoisotopic (exact) mass is 476 g/mol. The van der Waals surface area contributed by atoms with E-state index < -0.39 is 0 Å². The summed E-state index contributed by atoms with van der Waals surface area (Å²) in [4.78, 5) is 12.6. The Morgan fingerprint density at radius 2 is 1.79 bits per heavy atom. The van der Waals surface area contributed by atoms with Gasteiger partial charge >= 0.3 is 0 Å². The Balaban J connectivity index is 1.32. The van der Waals surface area contributed by atoms with Crippen LogP contribution >= 0.6 is 11.8 Å². The van der Waals surface area contributed by atoms with Crippen LogP contribution in [0.1, 0.15) is 5.56 Å². The number of halogens is 1. The highest BCUT2D eigenvalue weighted by Gasteiger charge is 2.19. The van der Waals surface area contributed by atoms with Crippen LogP contribution in [-0.4, -0.2) is 33.2 Å². The molecule has 0 radical (unpaired) electrons. The standard InChI is InChI=1S/C25H21FN4O3S/c26-20-9-5-4-8-19(20)24-28-29-25(30(24)13-12-17-6-2-1-3-7-17)34-15-23(31)27-18-10-11-21-22(14-18)33-16-32-21/h1-11,14H,12-13,15-16H2,(H,27,31). The highest BCUT2D eigenvalue weighted by Crippen LogP contribution is 2.34. The van der Waals surface area contributed by atoms with E-state index in [1.807, 2.05) is 34.9 Å². The van der Waals surface area contributed by atoms with Crippen LogP contribution in [0, 0.1) is 5.82 Å². The number of benzene rings is 3. The summed E-state index contributed by atoms with van der Waals surface area (Å²) in [7, 11) is 0. The zero-order chi connectivity index (χ0) is 23.3. The van der Waals surface area contributed by atoms with E-state index in [9.17, 15) is 9.18 Å². The molecular formula is C25H21FN4O3S. The molecule has 1 aliphatic rings. The fourth-order valence-corrected chi connectivity index (χ4v) is 4.39. The number of aryl methyl sites for hydroxylation is 1. The number of fused-ring (bicyclic) bond motifs is 1. The number of hydrogen-bond acceptors (Lipinski definition) is 6. The van der Waals surface area contributed by atoms with Gasteiger partial charge in [0.25, 0.3) is 0 Å². The molecule has 1 amide bonds. The number of carbonyl (C=O) groups excluding carboxylic acids is 1. The number of hydrogen-bond donors (Lipinski definition) is 1. The number of thioether (sulfide) groups is 1. The molecule has 9 heteroatoms. The Kier molecular flexibility index (Phi) is 6.44. The molecule has 4 aromatic rings. The highest BCUT2D eigenvalue weighted by molar-refractivity contribution is 7.99. The first kappa shape index (κ1) is 22.0. The molecule has 1 N–H and O–H groups in total. The first-order valence-electron chi connectivity index (χ1n) is 10.7. The molecule has 7 nitrogen and oxygen atoms in total. The minimum Gasteiger partial charge on any atom is -0.454 e. The van der Waals surface area contributed by atoms with Crippen molar-refractivity contribution in [1.29, 1.82) is 0 Å². The molecule has 5 rings (SSSR count). The van der Waals surface area contributed by atoms with Gasteiger partial charge in [0.2, 0.25) is 12.7 Å². The highest BCUT2D eigenvalue weighted by atomic mass is 32.2. The largest absolute Gasteiger partial charge is 0.454 e. The van der Waals surface area contributed by atoms with Gasteiger partial charge in [-0.3, -0.25) is 4.79 Å². The van der Waals surface area contributed by atoms with Gasteiger partial charge in [0.1, 0.15) is 5.82 Å². The first-order valence-corrected chi connectivity index (χ1v) is 11.7. The van der Waals surface area contributed by atoms with E-state index in [1.165, 1.54) is 17.8 Å². The van der Waals surface area contributed by atoms with E-state index >= 15 is 0 Å². The minimum absolute atomic E-state index is 0.120. The quantitative estimate of drug-likeness (QED) is 0.369. The lowest BCUT2D eigenvalue weighted by atomic mass is 10.1. The Morgan fingerprint density at radius 3 is 2.65 bits per heavy atom. The van der Waals surface area contributed by atoms with E-state index in [0.717, 1.165) is 12.0 Å². The van der Waals surface area contributed by atoms with Crippen molar-refractivity contribution >= 4 is 23.4 Å². The van der Waals surface area contributed by atoms with Crippen molar-refractivity contribution in [2.75, 3.05) is 17.9 Å². The van der Waals surface area contributed by atoms with Crippen LogP contribution in [-0.2, 0) is 17.8 Å². The summed E-state index contributed by atoms with van der Waals surface area (Å²) in [6, 6.07) is 21.7. The summed E-state index contributed by atoms with van der Waals surface area (Å²) < 4.78 is 27.0. The van der Waals surface area contributed by atoms with Crippen LogP contribution in [0.15, 0.2) is 78.0 Å². The zero-order valence-electron chi connectivity index (χ0n) is 18.1. The van der Waals surface area contributed by atoms with E-state index in [-0.39, 0.29) is 24.3 Å². The van der Waals surface area contributed by atoms with Crippen LogP contribution in [0.3, 0.4) is 0 Å². The molecular weight excluding hydrogens is 455 g/mol. The number of ether oxygens (including phenoxy) is 2. The lowest BCUT2D eigenvalue weighted by molar-refractivity contribution is -0.113. The van der Waals surface area contributed by atoms with Crippen LogP contribution in [0.5, 0.6) is 11.5 Å². The number of carbonyl (C=O) groups is 1. The average Bonchev–Trinajstić information content (AvgIpc) is 3.49. The number of aromatic nitrogens is 3. The van der Waals surface area contributed by atoms with Crippen molar-refractivity contribution in [2.45, 2.75) is 18.1 Å². The topological polar surface area (TPSA) is 78.3 Å². The fraction of sp³-hybridized carbons (Fsp3) is 0.160. The number of rotatable bonds is 8. The minimum atomic E-state index is -0.368. The molecule has 0 unspecified atom stereocenters. The van der Waals surface area contributed by atoms with Crippen LogP contribution in [0.2, 0.25) is 0 Å². The van der Waals surface area contributed by atoms with Crippen molar-refractivity contribution in [2.24, 2.45) is 0 Å². The normalized spacial score (nSPS) is 12.0. The van der Waals surface area contributed by atoms with E-state index in [4.69, 9.17) is 9.47 Å². The maximum Gasteiger partial charge on any atom is 0.234 e. The molecule has 0 aliphatic carbocycles. The summed E-state index contributed by atoms with van der Waals surface area (Å²) in [6.45, 7) is 0.721. The second-order valence-corrected chi connectivity index (χ2v) is 8.52. The third-order valence-electron chi connectivity index (χ3n) is 5.29. The second kappa shape index (κ2) is 9.96. The Labute approximate surface area is 199 Å². The third kappa shape index (κ3) is 4.89. The molecule has 3 aromatic carbocycles. The third-order valence-corrected chi connectivity index (χ3v) is 6.25. The number of nitrogens with zero attached hydrogens (tertiary/aromatic N) is 3. The van der Waals surface area contributed by atoms with Crippen molar-refractivity contribution in [3.8, 4) is 22.9 Å². The summed E-state index contributed by atoms with van der Waals surface area (Å²) in [5.41, 5.74) is 2.14. The molecule has 1 aromatic heterocycles. The van der Waals surface area contributed by atoms with Gasteiger partial charge in [0.15, 0.2) is 22.5 Å². The maximum atomic E-state index is 14.5. The van der Waals surface area contributed by atoms with E-state index in [0.29, 0.717) is 40.3 Å². The summed E-state index contributed by atoms with van der Waals surface area (Å²) in [6.07, 6.45) is 0.720. The molecule has 0 spiro atoms. The van der Waals surface area contributed by atoms with Gasteiger partial charge < -0.3 is 19.4 Å². The average molecular weight is 477 g/mol. The van der Waals surface area contributed by atoms with Crippen molar-refractivity contribution in [3.63, 3.8) is 0 Å². The molecule has 0 bridgehead atoms. The molecule has 172 valence electrons. The molecule has 34 heavy (non-hydrogen) atoms. The smallest absolute Gasteiger partial charge is 0.234 e. The van der Waals surface area contributed by atoms with E-state index in [1.54, 1.807) is 36.4 Å².